The standard InChI is InChI=1S/C14H16N2O5S/c1-15-22(20,21)9-3-2-8-4-5-16(12(8)6-9)13(17)10-7-11(10)14(18)19/h2-3,6,10-11,15H,4-5,7H2,1H3,(H,18,19). The predicted molar refractivity (Wildman–Crippen MR) is 78.0 cm³/mol. The van der Waals surface area contributed by atoms with Crippen molar-refractivity contribution in [3.05, 3.63) is 23.8 Å². The summed E-state index contributed by atoms with van der Waals surface area (Å²) in [4.78, 5) is 24.9. The molecule has 1 aliphatic heterocycles. The van der Waals surface area contributed by atoms with Crippen LogP contribution in [0.25, 0.3) is 0 Å². The van der Waals surface area contributed by atoms with E-state index in [0.29, 0.717) is 25.1 Å². The summed E-state index contributed by atoms with van der Waals surface area (Å²) in [7, 11) is -2.25. The van der Waals surface area contributed by atoms with Crippen LogP contribution in [0.1, 0.15) is 12.0 Å². The molecule has 1 saturated carbocycles. The molecule has 3 rings (SSSR count). The van der Waals surface area contributed by atoms with E-state index >= 15 is 0 Å². The summed E-state index contributed by atoms with van der Waals surface area (Å²) in [6.45, 7) is 0.458. The molecule has 1 aromatic rings. The highest BCUT2D eigenvalue weighted by Crippen LogP contribution is 2.42. The number of nitrogens with zero attached hydrogens (tertiary/aromatic N) is 1. The van der Waals surface area contributed by atoms with Gasteiger partial charge in [0.15, 0.2) is 0 Å². The Labute approximate surface area is 128 Å². The topological polar surface area (TPSA) is 104 Å². The molecule has 1 amide bonds. The lowest BCUT2D eigenvalue weighted by Crippen LogP contribution is -2.31. The summed E-state index contributed by atoms with van der Waals surface area (Å²) in [5.41, 5.74) is 1.47. The molecular formula is C14H16N2O5S. The Balaban J connectivity index is 1.89. The van der Waals surface area contributed by atoms with Crippen molar-refractivity contribution in [2.75, 3.05) is 18.5 Å². The van der Waals surface area contributed by atoms with E-state index in [1.54, 1.807) is 6.07 Å². The highest BCUT2D eigenvalue weighted by molar-refractivity contribution is 7.89. The van der Waals surface area contributed by atoms with Crippen LogP contribution in [0.4, 0.5) is 5.69 Å². The number of anilines is 1. The fraction of sp³-hybridized carbons (Fsp3) is 0.429. The number of fused-ring (bicyclic) bond motifs is 1. The van der Waals surface area contributed by atoms with Crippen LogP contribution < -0.4 is 9.62 Å². The van der Waals surface area contributed by atoms with E-state index in [2.05, 4.69) is 4.72 Å². The molecule has 2 atom stereocenters. The number of carboxylic acid groups (broad SMARTS) is 1. The van der Waals surface area contributed by atoms with E-state index in [-0.39, 0.29) is 10.8 Å². The number of amides is 1. The molecule has 0 bridgehead atoms. The van der Waals surface area contributed by atoms with Gasteiger partial charge in [-0.2, -0.15) is 0 Å². The van der Waals surface area contributed by atoms with Crippen molar-refractivity contribution >= 4 is 27.6 Å². The van der Waals surface area contributed by atoms with Crippen LogP contribution in [0.3, 0.4) is 0 Å². The Morgan fingerprint density at radius 1 is 1.32 bits per heavy atom. The first-order valence-corrected chi connectivity index (χ1v) is 8.44. The van der Waals surface area contributed by atoms with Crippen molar-refractivity contribution in [2.24, 2.45) is 11.8 Å². The summed E-state index contributed by atoms with van der Waals surface area (Å²) in [5.74, 6) is -2.29. The average Bonchev–Trinajstić information content (AvgIpc) is 3.19. The number of hydrogen-bond acceptors (Lipinski definition) is 4. The molecule has 0 radical (unpaired) electrons. The van der Waals surface area contributed by atoms with E-state index in [1.165, 1.54) is 24.1 Å². The minimum atomic E-state index is -3.58. The zero-order valence-electron chi connectivity index (χ0n) is 11.9. The number of aliphatic carboxylic acids is 1. The molecule has 1 fully saturated rings. The average molecular weight is 324 g/mol. The van der Waals surface area contributed by atoms with Gasteiger partial charge in [0.1, 0.15) is 0 Å². The summed E-state index contributed by atoms with van der Waals surface area (Å²) in [6.07, 6.45) is 1.000. The summed E-state index contributed by atoms with van der Waals surface area (Å²) in [6, 6.07) is 4.69. The predicted octanol–water partition coefficient (Wildman–Crippen LogP) is 0.204. The lowest BCUT2D eigenvalue weighted by atomic mass is 10.2. The Morgan fingerprint density at radius 2 is 2.05 bits per heavy atom. The minimum Gasteiger partial charge on any atom is -0.481 e. The van der Waals surface area contributed by atoms with E-state index in [0.717, 1.165) is 5.56 Å². The maximum Gasteiger partial charge on any atom is 0.307 e. The molecule has 1 aliphatic carbocycles. The maximum atomic E-state index is 12.4. The molecule has 1 aromatic carbocycles. The number of carboxylic acids is 1. The van der Waals surface area contributed by atoms with Gasteiger partial charge in [0.25, 0.3) is 0 Å². The second-order valence-corrected chi connectivity index (χ2v) is 7.41. The molecule has 7 nitrogen and oxygen atoms in total. The van der Waals surface area contributed by atoms with Crippen molar-refractivity contribution in [1.82, 2.24) is 4.72 Å². The third kappa shape index (κ3) is 2.38. The number of carbonyl (C=O) groups excluding carboxylic acids is 1. The van der Waals surface area contributed by atoms with Crippen LogP contribution >= 0.6 is 0 Å². The van der Waals surface area contributed by atoms with Gasteiger partial charge < -0.3 is 10.0 Å². The SMILES string of the molecule is CNS(=O)(=O)c1ccc2c(c1)N(C(=O)C1CC1C(=O)O)CC2. The molecule has 1 heterocycles. The van der Waals surface area contributed by atoms with Gasteiger partial charge in [-0.1, -0.05) is 6.07 Å². The van der Waals surface area contributed by atoms with Crippen molar-refractivity contribution < 1.29 is 23.1 Å². The number of sulfonamides is 1. The second-order valence-electron chi connectivity index (χ2n) is 5.52. The normalized spacial score (nSPS) is 23.2. The first-order chi connectivity index (χ1) is 10.3. The quantitative estimate of drug-likeness (QED) is 0.823. The molecule has 0 spiro atoms. The van der Waals surface area contributed by atoms with Crippen LogP contribution in [0.15, 0.2) is 23.1 Å². The van der Waals surface area contributed by atoms with E-state index in [9.17, 15) is 18.0 Å². The highest BCUT2D eigenvalue weighted by atomic mass is 32.2. The minimum absolute atomic E-state index is 0.0963. The zero-order chi connectivity index (χ0) is 16.1. The molecule has 0 aromatic heterocycles. The number of benzene rings is 1. The molecule has 118 valence electrons. The van der Waals surface area contributed by atoms with Gasteiger partial charge in [-0.05, 0) is 37.6 Å². The lowest BCUT2D eigenvalue weighted by molar-refractivity contribution is -0.140. The van der Waals surface area contributed by atoms with Crippen molar-refractivity contribution in [1.29, 1.82) is 0 Å². The van der Waals surface area contributed by atoms with Crippen molar-refractivity contribution in [3.8, 4) is 0 Å². The van der Waals surface area contributed by atoms with E-state index < -0.39 is 27.8 Å². The first-order valence-electron chi connectivity index (χ1n) is 6.96. The maximum absolute atomic E-state index is 12.4. The van der Waals surface area contributed by atoms with Gasteiger partial charge >= 0.3 is 5.97 Å². The van der Waals surface area contributed by atoms with Gasteiger partial charge in [0, 0.05) is 12.2 Å². The second kappa shape index (κ2) is 5.06. The van der Waals surface area contributed by atoms with Crippen LogP contribution in [0, 0.1) is 11.8 Å². The molecule has 2 aliphatic rings. The van der Waals surface area contributed by atoms with Gasteiger partial charge in [0.2, 0.25) is 15.9 Å². The van der Waals surface area contributed by atoms with Crippen LogP contribution in [0.5, 0.6) is 0 Å². The lowest BCUT2D eigenvalue weighted by Gasteiger charge is -2.18. The number of rotatable bonds is 4. The first kappa shape index (κ1) is 15.0. The third-order valence-electron chi connectivity index (χ3n) is 4.22. The van der Waals surface area contributed by atoms with Crippen LogP contribution in [0.2, 0.25) is 0 Å². The van der Waals surface area contributed by atoms with E-state index in [4.69, 9.17) is 5.11 Å². The Kier molecular flexibility index (Phi) is 3.45. The molecule has 8 heteroatoms. The zero-order valence-corrected chi connectivity index (χ0v) is 12.8. The van der Waals surface area contributed by atoms with E-state index in [1.807, 2.05) is 0 Å². The van der Waals surface area contributed by atoms with Crippen molar-refractivity contribution in [2.45, 2.75) is 17.7 Å². The third-order valence-corrected chi connectivity index (χ3v) is 5.63. The Hall–Kier alpha value is -1.93. The fourth-order valence-electron chi connectivity index (χ4n) is 2.81. The smallest absolute Gasteiger partial charge is 0.307 e. The monoisotopic (exact) mass is 324 g/mol. The van der Waals surface area contributed by atoms with Gasteiger partial charge in [-0.15, -0.1) is 0 Å². The molecule has 2 unspecified atom stereocenters. The highest BCUT2D eigenvalue weighted by Gasteiger charge is 2.50. The van der Waals surface area contributed by atoms with Crippen LogP contribution in [-0.2, 0) is 26.0 Å². The van der Waals surface area contributed by atoms with Crippen LogP contribution in [-0.4, -0.2) is 39.0 Å². The van der Waals surface area contributed by atoms with Crippen molar-refractivity contribution in [3.63, 3.8) is 0 Å². The number of carbonyl (C=O) groups is 2. The molecule has 22 heavy (non-hydrogen) atoms. The molecule has 0 saturated heterocycles. The van der Waals surface area contributed by atoms with Gasteiger partial charge in [-0.25, -0.2) is 13.1 Å². The van der Waals surface area contributed by atoms with Gasteiger partial charge in [-0.3, -0.25) is 9.59 Å². The Bertz CT molecular complexity index is 758. The number of nitrogens with one attached hydrogen (secondary N) is 1. The molecular weight excluding hydrogens is 308 g/mol. The summed E-state index contributed by atoms with van der Waals surface area (Å²) < 4.78 is 26.0. The number of hydrogen-bond donors (Lipinski definition) is 2. The van der Waals surface area contributed by atoms with Gasteiger partial charge in [0.05, 0.1) is 16.7 Å². The largest absolute Gasteiger partial charge is 0.481 e. The molecule has 2 N–H and O–H groups in total. The summed E-state index contributed by atoms with van der Waals surface area (Å²) in [5, 5.41) is 8.94. The summed E-state index contributed by atoms with van der Waals surface area (Å²) >= 11 is 0. The Morgan fingerprint density at radius 3 is 2.64 bits per heavy atom. The fourth-order valence-corrected chi connectivity index (χ4v) is 3.56.